The minimum atomic E-state index is -4.60. The minimum absolute atomic E-state index is 0.137. The summed E-state index contributed by atoms with van der Waals surface area (Å²) >= 11 is 0. The molecule has 0 aromatic heterocycles. The van der Waals surface area contributed by atoms with Crippen molar-refractivity contribution < 1.29 is 17.7 Å². The fourth-order valence-corrected chi connectivity index (χ4v) is 2.31. The van der Waals surface area contributed by atoms with Crippen molar-refractivity contribution in [3.63, 3.8) is 0 Å². The summed E-state index contributed by atoms with van der Waals surface area (Å²) in [5.74, 6) is -0.994. The third kappa shape index (κ3) is 1.71. The molecule has 1 aliphatic heterocycles. The van der Waals surface area contributed by atoms with E-state index in [1.165, 1.54) is 0 Å². The smallest absolute Gasteiger partial charge is 0.449 e. The number of rotatable bonds is 1. The topological polar surface area (TPSA) is 9.23 Å². The minimum Gasteiger partial charge on any atom is -0.449 e. The third-order valence-electron chi connectivity index (χ3n) is 3.44. The maximum atomic E-state index is 12.3. The van der Waals surface area contributed by atoms with Crippen molar-refractivity contribution in [2.24, 2.45) is 5.41 Å². The molecule has 0 aromatic carbocycles. The van der Waals surface area contributed by atoms with Crippen LogP contribution in [0, 0.1) is 5.41 Å². The molecule has 0 N–H and O–H groups in total. The zero-order valence-corrected chi connectivity index (χ0v) is 7.44. The van der Waals surface area contributed by atoms with Crippen LogP contribution in [0.5, 0.6) is 0 Å². The van der Waals surface area contributed by atoms with Crippen LogP contribution in [-0.2, 0) is 4.74 Å². The van der Waals surface area contributed by atoms with E-state index >= 15 is 0 Å². The second kappa shape index (κ2) is 2.90. The second-order valence-electron chi connectivity index (χ2n) is 4.46. The Bertz CT molecular complexity index is 190. The van der Waals surface area contributed by atoms with Gasteiger partial charge in [-0.25, -0.2) is 0 Å². The quantitative estimate of drug-likeness (QED) is 0.581. The molecule has 0 amide bonds. The Morgan fingerprint density at radius 3 is 1.92 bits per heavy atom. The molecule has 2 fully saturated rings. The van der Waals surface area contributed by atoms with Crippen molar-refractivity contribution >= 4 is 6.98 Å². The van der Waals surface area contributed by atoms with E-state index in [-0.39, 0.29) is 5.41 Å². The normalized spacial score (nSPS) is 28.8. The molecule has 1 heterocycles. The van der Waals surface area contributed by atoms with Gasteiger partial charge in [0.2, 0.25) is 0 Å². The van der Waals surface area contributed by atoms with Gasteiger partial charge in [0.05, 0.1) is 13.2 Å². The van der Waals surface area contributed by atoms with Crippen LogP contribution in [0.2, 0.25) is 5.82 Å². The molecular weight excluding hydrogens is 180 g/mol. The molecule has 1 spiro atoms. The van der Waals surface area contributed by atoms with E-state index < -0.39 is 12.8 Å². The third-order valence-corrected chi connectivity index (χ3v) is 3.44. The molecule has 2 aliphatic rings. The first-order chi connectivity index (χ1) is 6.02. The summed E-state index contributed by atoms with van der Waals surface area (Å²) < 4.78 is 42.1. The standard InChI is InChI=1S/C8H13BF3O/c10-9(11,12)7-1-3-8(4-2-7)5-13-6-8/h7H,1-6H2/q-1. The molecule has 0 bridgehead atoms. The summed E-state index contributed by atoms with van der Waals surface area (Å²) in [5.41, 5.74) is 0.137. The van der Waals surface area contributed by atoms with Crippen LogP contribution in [0.4, 0.5) is 12.9 Å². The molecule has 1 aliphatic carbocycles. The van der Waals surface area contributed by atoms with Gasteiger partial charge in [-0.05, 0) is 12.8 Å². The molecule has 1 nitrogen and oxygen atoms in total. The Morgan fingerprint density at radius 1 is 1.08 bits per heavy atom. The molecule has 2 rings (SSSR count). The van der Waals surface area contributed by atoms with Crippen molar-refractivity contribution in [1.82, 2.24) is 0 Å². The Labute approximate surface area is 75.7 Å². The van der Waals surface area contributed by atoms with E-state index in [2.05, 4.69) is 0 Å². The zero-order valence-electron chi connectivity index (χ0n) is 7.44. The molecule has 1 saturated heterocycles. The summed E-state index contributed by atoms with van der Waals surface area (Å²) in [4.78, 5) is 0. The van der Waals surface area contributed by atoms with Gasteiger partial charge in [0.1, 0.15) is 0 Å². The van der Waals surface area contributed by atoms with E-state index in [4.69, 9.17) is 4.74 Å². The van der Waals surface area contributed by atoms with Crippen molar-refractivity contribution in [1.29, 1.82) is 0 Å². The van der Waals surface area contributed by atoms with Crippen LogP contribution in [-0.4, -0.2) is 20.2 Å². The van der Waals surface area contributed by atoms with Crippen LogP contribution in [0.3, 0.4) is 0 Å². The van der Waals surface area contributed by atoms with Gasteiger partial charge in [-0.2, -0.15) is 0 Å². The van der Waals surface area contributed by atoms with Crippen LogP contribution < -0.4 is 0 Å². The summed E-state index contributed by atoms with van der Waals surface area (Å²) in [7, 11) is 0. The van der Waals surface area contributed by atoms with E-state index in [1.807, 2.05) is 0 Å². The first kappa shape index (κ1) is 9.37. The van der Waals surface area contributed by atoms with Crippen LogP contribution in [0.15, 0.2) is 0 Å². The van der Waals surface area contributed by atoms with Gasteiger partial charge in [-0.15, -0.1) is 0 Å². The Morgan fingerprint density at radius 2 is 1.62 bits per heavy atom. The van der Waals surface area contributed by atoms with Gasteiger partial charge < -0.3 is 17.7 Å². The fraction of sp³-hybridized carbons (Fsp3) is 1.00. The van der Waals surface area contributed by atoms with E-state index in [0.29, 0.717) is 38.9 Å². The molecule has 0 aromatic rings. The van der Waals surface area contributed by atoms with E-state index in [0.717, 1.165) is 0 Å². The van der Waals surface area contributed by atoms with Crippen molar-refractivity contribution in [3.8, 4) is 0 Å². The number of ether oxygens (including phenoxy) is 1. The summed E-state index contributed by atoms with van der Waals surface area (Å²) in [6.45, 7) is -3.23. The average Bonchev–Trinajstić information content (AvgIpc) is 2.00. The fourth-order valence-electron chi connectivity index (χ4n) is 2.31. The molecule has 1 saturated carbocycles. The highest BCUT2D eigenvalue weighted by Crippen LogP contribution is 2.49. The molecule has 5 heteroatoms. The lowest BCUT2D eigenvalue weighted by atomic mass is 9.58. The molecule has 76 valence electrons. The van der Waals surface area contributed by atoms with E-state index in [1.54, 1.807) is 0 Å². The Kier molecular flexibility index (Phi) is 2.09. The van der Waals surface area contributed by atoms with Crippen molar-refractivity contribution in [3.05, 3.63) is 0 Å². The van der Waals surface area contributed by atoms with Crippen molar-refractivity contribution in [2.75, 3.05) is 13.2 Å². The summed E-state index contributed by atoms with van der Waals surface area (Å²) in [6.07, 6.45) is 2.07. The lowest BCUT2D eigenvalue weighted by molar-refractivity contribution is -0.131. The van der Waals surface area contributed by atoms with Crippen LogP contribution >= 0.6 is 0 Å². The number of halogens is 3. The largest absolute Gasteiger partial charge is 0.481 e. The molecule has 0 radical (unpaired) electrons. The summed E-state index contributed by atoms with van der Waals surface area (Å²) in [6, 6.07) is 0. The lowest BCUT2D eigenvalue weighted by Crippen LogP contribution is -2.46. The predicted molar refractivity (Wildman–Crippen MR) is 44.5 cm³/mol. The monoisotopic (exact) mass is 193 g/mol. The molecular formula is C8H13BF3O-. The first-order valence-electron chi connectivity index (χ1n) is 4.80. The van der Waals surface area contributed by atoms with Gasteiger partial charge in [-0.1, -0.05) is 18.7 Å². The SMILES string of the molecule is F[B-](F)(F)C1CCC2(CC1)COC2. The molecule has 0 unspecified atom stereocenters. The highest BCUT2D eigenvalue weighted by molar-refractivity contribution is 6.60. The predicted octanol–water partition coefficient (Wildman–Crippen LogP) is 2.79. The lowest BCUT2D eigenvalue weighted by Gasteiger charge is -2.48. The number of hydrogen-bond donors (Lipinski definition) is 0. The molecule has 0 atom stereocenters. The van der Waals surface area contributed by atoms with Gasteiger partial charge in [0.15, 0.2) is 0 Å². The maximum absolute atomic E-state index is 12.3. The van der Waals surface area contributed by atoms with Gasteiger partial charge in [0, 0.05) is 5.41 Å². The van der Waals surface area contributed by atoms with Crippen molar-refractivity contribution in [2.45, 2.75) is 31.5 Å². The maximum Gasteiger partial charge on any atom is 0.481 e. The Hall–Kier alpha value is -0.185. The zero-order chi connectivity index (χ0) is 9.53. The van der Waals surface area contributed by atoms with Gasteiger partial charge in [0.25, 0.3) is 0 Å². The van der Waals surface area contributed by atoms with Crippen LogP contribution in [0.25, 0.3) is 0 Å². The second-order valence-corrected chi connectivity index (χ2v) is 4.46. The van der Waals surface area contributed by atoms with Gasteiger partial charge in [-0.3, -0.25) is 0 Å². The first-order valence-corrected chi connectivity index (χ1v) is 4.80. The van der Waals surface area contributed by atoms with Gasteiger partial charge >= 0.3 is 6.98 Å². The van der Waals surface area contributed by atoms with E-state index in [9.17, 15) is 12.9 Å². The highest BCUT2D eigenvalue weighted by atomic mass is 19.4. The number of hydrogen-bond acceptors (Lipinski definition) is 1. The summed E-state index contributed by atoms with van der Waals surface area (Å²) in [5, 5.41) is 0. The Balaban J connectivity index is 1.89. The molecule has 13 heavy (non-hydrogen) atoms. The van der Waals surface area contributed by atoms with Crippen LogP contribution in [0.1, 0.15) is 25.7 Å². The highest BCUT2D eigenvalue weighted by Gasteiger charge is 2.45. The average molecular weight is 193 g/mol.